The Kier molecular flexibility index (Phi) is 8.55. The number of benzene rings is 2. The number of amides is 1. The number of anilines is 1. The second kappa shape index (κ2) is 11.4. The summed E-state index contributed by atoms with van der Waals surface area (Å²) in [5.74, 6) is -0.252. The molecule has 0 saturated carbocycles. The van der Waals surface area contributed by atoms with E-state index in [1.165, 1.54) is 24.4 Å². The first-order valence-corrected chi connectivity index (χ1v) is 12.8. The topological polar surface area (TPSA) is 118 Å². The van der Waals surface area contributed by atoms with E-state index in [0.29, 0.717) is 23.7 Å². The number of esters is 1. The third-order valence-corrected chi connectivity index (χ3v) is 6.51. The van der Waals surface area contributed by atoms with Crippen LogP contribution in [0.2, 0.25) is 10.0 Å². The largest absolute Gasteiger partial charge is 0.462 e. The molecule has 0 bridgehead atoms. The van der Waals surface area contributed by atoms with Crippen molar-refractivity contribution in [1.82, 2.24) is 5.43 Å². The molecule has 184 valence electrons. The summed E-state index contributed by atoms with van der Waals surface area (Å²) in [7, 11) is -3.84. The minimum atomic E-state index is -3.84. The third kappa shape index (κ3) is 6.84. The Morgan fingerprint density at radius 2 is 1.83 bits per heavy atom. The lowest BCUT2D eigenvalue weighted by Crippen LogP contribution is -2.39. The maximum atomic E-state index is 12.3. The Bertz CT molecular complexity index is 1350. The van der Waals surface area contributed by atoms with Crippen LogP contribution in [0.3, 0.4) is 0 Å². The maximum absolute atomic E-state index is 12.3. The molecule has 0 fully saturated rings. The number of sulfonamides is 1. The van der Waals surface area contributed by atoms with Gasteiger partial charge in [-0.2, -0.15) is 5.10 Å². The van der Waals surface area contributed by atoms with Crippen molar-refractivity contribution in [2.24, 2.45) is 5.10 Å². The first-order chi connectivity index (χ1) is 16.6. The van der Waals surface area contributed by atoms with Gasteiger partial charge in [0.1, 0.15) is 18.1 Å². The van der Waals surface area contributed by atoms with Crippen LogP contribution >= 0.6 is 23.2 Å². The van der Waals surface area contributed by atoms with Crippen molar-refractivity contribution >= 4 is 57.0 Å². The zero-order valence-electron chi connectivity index (χ0n) is 18.7. The van der Waals surface area contributed by atoms with Crippen molar-refractivity contribution in [2.45, 2.75) is 6.92 Å². The van der Waals surface area contributed by atoms with Gasteiger partial charge in [-0.15, -0.1) is 0 Å². The van der Waals surface area contributed by atoms with Crippen LogP contribution in [0, 0.1) is 0 Å². The lowest BCUT2D eigenvalue weighted by Gasteiger charge is -2.22. The fourth-order valence-corrected chi connectivity index (χ4v) is 4.27. The molecule has 1 amide bonds. The van der Waals surface area contributed by atoms with Gasteiger partial charge in [0.15, 0.2) is 0 Å². The molecule has 3 aromatic rings. The number of nitrogens with zero attached hydrogens (tertiary/aromatic N) is 2. The SMILES string of the molecule is CCOC(=O)c1ccc(-c2ccc(/C=N/NC(=O)CN(c3cccc(Cl)c3Cl)S(C)(=O)=O)o2)cc1. The van der Waals surface area contributed by atoms with Crippen molar-refractivity contribution in [3.05, 3.63) is 76.0 Å². The van der Waals surface area contributed by atoms with Crippen LogP contribution in [0.25, 0.3) is 11.3 Å². The summed E-state index contributed by atoms with van der Waals surface area (Å²) >= 11 is 12.1. The first-order valence-electron chi connectivity index (χ1n) is 10.2. The summed E-state index contributed by atoms with van der Waals surface area (Å²) in [6.07, 6.45) is 2.22. The van der Waals surface area contributed by atoms with Crippen molar-refractivity contribution in [2.75, 3.05) is 23.7 Å². The molecule has 1 N–H and O–H groups in total. The van der Waals surface area contributed by atoms with Gasteiger partial charge in [0.2, 0.25) is 10.0 Å². The van der Waals surface area contributed by atoms with Crippen LogP contribution in [0.1, 0.15) is 23.0 Å². The summed E-state index contributed by atoms with van der Waals surface area (Å²) in [6, 6.07) is 14.5. The van der Waals surface area contributed by atoms with E-state index in [-0.39, 0.29) is 15.7 Å². The molecule has 0 spiro atoms. The number of hydrogen-bond acceptors (Lipinski definition) is 7. The van der Waals surface area contributed by atoms with Gasteiger partial charge in [0, 0.05) is 5.56 Å². The lowest BCUT2D eigenvalue weighted by molar-refractivity contribution is -0.119. The van der Waals surface area contributed by atoms with E-state index in [4.69, 9.17) is 32.4 Å². The van der Waals surface area contributed by atoms with Gasteiger partial charge in [-0.25, -0.2) is 18.6 Å². The van der Waals surface area contributed by atoms with Gasteiger partial charge < -0.3 is 9.15 Å². The van der Waals surface area contributed by atoms with Gasteiger partial charge in [0.05, 0.1) is 40.4 Å². The summed E-state index contributed by atoms with van der Waals surface area (Å²) in [4.78, 5) is 24.1. The second-order valence-corrected chi connectivity index (χ2v) is 9.83. The number of carbonyl (C=O) groups is 2. The lowest BCUT2D eigenvalue weighted by atomic mass is 10.1. The molecule has 12 heteroatoms. The van der Waals surface area contributed by atoms with E-state index in [0.717, 1.165) is 16.1 Å². The van der Waals surface area contributed by atoms with Gasteiger partial charge >= 0.3 is 5.97 Å². The van der Waals surface area contributed by atoms with Crippen LogP contribution in [0.4, 0.5) is 5.69 Å². The van der Waals surface area contributed by atoms with Crippen LogP contribution in [-0.2, 0) is 19.6 Å². The van der Waals surface area contributed by atoms with E-state index in [1.807, 2.05) is 0 Å². The molecule has 35 heavy (non-hydrogen) atoms. The Balaban J connectivity index is 1.65. The van der Waals surface area contributed by atoms with Crippen LogP contribution < -0.4 is 9.73 Å². The zero-order valence-corrected chi connectivity index (χ0v) is 21.0. The number of nitrogens with one attached hydrogen (secondary N) is 1. The number of hydrazone groups is 1. The quantitative estimate of drug-likeness (QED) is 0.246. The molecule has 1 aromatic heterocycles. The Labute approximate surface area is 212 Å². The van der Waals surface area contributed by atoms with Gasteiger partial charge in [0.25, 0.3) is 5.91 Å². The molecule has 0 radical (unpaired) electrons. The van der Waals surface area contributed by atoms with Crippen molar-refractivity contribution < 1.29 is 27.2 Å². The monoisotopic (exact) mass is 537 g/mol. The molecule has 1 heterocycles. The molecule has 9 nitrogen and oxygen atoms in total. The number of halogens is 2. The summed E-state index contributed by atoms with van der Waals surface area (Å²) in [5, 5.41) is 3.98. The minimum Gasteiger partial charge on any atom is -0.462 e. The normalized spacial score (nSPS) is 11.4. The van der Waals surface area contributed by atoms with Crippen LogP contribution in [-0.4, -0.2) is 45.9 Å². The van der Waals surface area contributed by atoms with Crippen molar-refractivity contribution in [3.8, 4) is 11.3 Å². The highest BCUT2D eigenvalue weighted by molar-refractivity contribution is 7.92. The average Bonchev–Trinajstić information content (AvgIpc) is 3.28. The molecule has 0 aliphatic heterocycles. The molecule has 0 unspecified atom stereocenters. The zero-order chi connectivity index (χ0) is 25.6. The molecular weight excluding hydrogens is 517 g/mol. The maximum Gasteiger partial charge on any atom is 0.338 e. The molecule has 0 saturated heterocycles. The summed E-state index contributed by atoms with van der Waals surface area (Å²) in [6.45, 7) is 1.46. The predicted molar refractivity (Wildman–Crippen MR) is 134 cm³/mol. The minimum absolute atomic E-state index is 0.00861. The number of hydrogen-bond donors (Lipinski definition) is 1. The smallest absolute Gasteiger partial charge is 0.338 e. The predicted octanol–water partition coefficient (Wildman–Crippen LogP) is 4.35. The molecular formula is C23H21Cl2N3O6S. The van der Waals surface area contributed by atoms with E-state index < -0.39 is 28.4 Å². The van der Waals surface area contributed by atoms with Gasteiger partial charge in [-0.1, -0.05) is 41.4 Å². The van der Waals surface area contributed by atoms with Crippen LogP contribution in [0.15, 0.2) is 64.1 Å². The van der Waals surface area contributed by atoms with Crippen molar-refractivity contribution in [1.29, 1.82) is 0 Å². The highest BCUT2D eigenvalue weighted by atomic mass is 35.5. The van der Waals surface area contributed by atoms with Gasteiger partial charge in [-0.05, 0) is 43.3 Å². The number of rotatable bonds is 9. The fourth-order valence-electron chi connectivity index (χ4n) is 2.96. The molecule has 3 rings (SSSR count). The standard InChI is InChI=1S/C23H21Cl2N3O6S/c1-3-33-23(30)16-9-7-15(8-10-16)20-12-11-17(34-20)13-26-27-21(29)14-28(35(2,31)32)19-6-4-5-18(24)22(19)25/h4-13H,3,14H2,1-2H3,(H,27,29)/b26-13+. The number of ether oxygens (including phenoxy) is 1. The van der Waals surface area contributed by atoms with E-state index >= 15 is 0 Å². The molecule has 0 aliphatic carbocycles. The Morgan fingerprint density at radius 1 is 1.11 bits per heavy atom. The third-order valence-electron chi connectivity index (χ3n) is 4.58. The van der Waals surface area contributed by atoms with Crippen LogP contribution in [0.5, 0.6) is 0 Å². The second-order valence-electron chi connectivity index (χ2n) is 7.14. The molecule has 0 aliphatic rings. The molecule has 0 atom stereocenters. The van der Waals surface area contributed by atoms with Crippen molar-refractivity contribution in [3.63, 3.8) is 0 Å². The number of carbonyl (C=O) groups excluding carboxylic acids is 2. The summed E-state index contributed by atoms with van der Waals surface area (Å²) in [5.41, 5.74) is 3.48. The molecule has 2 aromatic carbocycles. The first kappa shape index (κ1) is 26.3. The van der Waals surface area contributed by atoms with Gasteiger partial charge in [-0.3, -0.25) is 9.10 Å². The summed E-state index contributed by atoms with van der Waals surface area (Å²) < 4.78 is 35.9. The highest BCUT2D eigenvalue weighted by Gasteiger charge is 2.23. The number of furan rings is 1. The van der Waals surface area contributed by atoms with E-state index in [2.05, 4.69) is 10.5 Å². The highest BCUT2D eigenvalue weighted by Crippen LogP contribution is 2.33. The average molecular weight is 538 g/mol. The fraction of sp³-hybridized carbons (Fsp3) is 0.174. The van der Waals surface area contributed by atoms with E-state index in [9.17, 15) is 18.0 Å². The van der Waals surface area contributed by atoms with E-state index in [1.54, 1.807) is 43.3 Å². The Morgan fingerprint density at radius 3 is 2.49 bits per heavy atom. The Hall–Kier alpha value is -3.34.